The van der Waals surface area contributed by atoms with Crippen molar-refractivity contribution in [1.82, 2.24) is 9.78 Å². The minimum atomic E-state index is 0.438. The van der Waals surface area contributed by atoms with Gasteiger partial charge in [0.25, 0.3) is 0 Å². The van der Waals surface area contributed by atoms with Crippen molar-refractivity contribution in [3.8, 4) is 5.75 Å². The molecule has 4 nitrogen and oxygen atoms in total. The van der Waals surface area contributed by atoms with Crippen LogP contribution in [-0.4, -0.2) is 9.78 Å². The minimum Gasteiger partial charge on any atom is -0.486 e. The zero-order chi connectivity index (χ0) is 13.1. The number of nitrogens with two attached hydrogens (primary N) is 1. The third-order valence-corrected chi connectivity index (χ3v) is 3.02. The third-order valence-electron chi connectivity index (χ3n) is 2.72. The fraction of sp³-hybridized carbons (Fsp3) is 0.308. The number of aromatic nitrogens is 2. The van der Waals surface area contributed by atoms with Gasteiger partial charge < -0.3 is 10.5 Å². The predicted molar refractivity (Wildman–Crippen MR) is 72.8 cm³/mol. The fourth-order valence-corrected chi connectivity index (χ4v) is 1.91. The van der Waals surface area contributed by atoms with E-state index in [9.17, 15) is 0 Å². The number of hydrogen-bond acceptors (Lipinski definition) is 3. The van der Waals surface area contributed by atoms with E-state index >= 15 is 0 Å². The first-order valence-electron chi connectivity index (χ1n) is 5.79. The molecule has 0 amide bonds. The van der Waals surface area contributed by atoms with Crippen molar-refractivity contribution in [2.45, 2.75) is 20.0 Å². The minimum absolute atomic E-state index is 0.438. The van der Waals surface area contributed by atoms with E-state index in [1.165, 1.54) is 0 Å². The predicted octanol–water partition coefficient (Wildman–Crippen LogP) is 2.80. The molecule has 0 saturated carbocycles. The molecular weight excluding hydrogens is 250 g/mol. The summed E-state index contributed by atoms with van der Waals surface area (Å²) in [4.78, 5) is 0. The lowest BCUT2D eigenvalue weighted by Gasteiger charge is -2.08. The second kappa shape index (κ2) is 5.31. The Morgan fingerprint density at radius 3 is 2.78 bits per heavy atom. The van der Waals surface area contributed by atoms with Gasteiger partial charge in [-0.05, 0) is 30.7 Å². The molecule has 0 radical (unpaired) electrons. The van der Waals surface area contributed by atoms with Crippen LogP contribution < -0.4 is 10.5 Å². The van der Waals surface area contributed by atoms with E-state index in [0.29, 0.717) is 23.1 Å². The van der Waals surface area contributed by atoms with Gasteiger partial charge in [0.1, 0.15) is 12.4 Å². The van der Waals surface area contributed by atoms with E-state index in [4.69, 9.17) is 22.1 Å². The zero-order valence-corrected chi connectivity index (χ0v) is 11.2. The Kier molecular flexibility index (Phi) is 3.77. The Balaban J connectivity index is 2.08. The monoisotopic (exact) mass is 265 g/mol. The van der Waals surface area contributed by atoms with E-state index in [2.05, 4.69) is 12.0 Å². The van der Waals surface area contributed by atoms with E-state index in [1.807, 2.05) is 17.8 Å². The maximum absolute atomic E-state index is 6.04. The number of aryl methyl sites for hydroxylation is 2. The molecule has 0 bridgehead atoms. The highest BCUT2D eigenvalue weighted by Gasteiger charge is 2.06. The molecule has 0 spiro atoms. The van der Waals surface area contributed by atoms with E-state index < -0.39 is 0 Å². The van der Waals surface area contributed by atoms with Gasteiger partial charge in [0.15, 0.2) is 0 Å². The highest BCUT2D eigenvalue weighted by Crippen LogP contribution is 2.27. The molecular formula is C13H16ClN3O. The molecule has 1 aromatic heterocycles. The Labute approximate surface area is 111 Å². The van der Waals surface area contributed by atoms with Crippen LogP contribution >= 0.6 is 11.6 Å². The summed E-state index contributed by atoms with van der Waals surface area (Å²) in [6.45, 7) is 2.51. The van der Waals surface area contributed by atoms with Crippen molar-refractivity contribution in [2.24, 2.45) is 7.05 Å². The van der Waals surface area contributed by atoms with Crippen LogP contribution in [0, 0.1) is 0 Å². The van der Waals surface area contributed by atoms with Crippen LogP contribution in [0.3, 0.4) is 0 Å². The second-order valence-electron chi connectivity index (χ2n) is 4.08. The van der Waals surface area contributed by atoms with Crippen LogP contribution in [-0.2, 0) is 20.1 Å². The highest BCUT2D eigenvalue weighted by molar-refractivity contribution is 6.32. The molecule has 0 saturated heterocycles. The number of anilines is 1. The van der Waals surface area contributed by atoms with Crippen LogP contribution in [0.4, 0.5) is 5.69 Å². The van der Waals surface area contributed by atoms with Crippen LogP contribution in [0.25, 0.3) is 0 Å². The normalized spacial score (nSPS) is 10.6. The molecule has 0 atom stereocenters. The second-order valence-corrected chi connectivity index (χ2v) is 4.49. The molecule has 1 aromatic carbocycles. The van der Waals surface area contributed by atoms with Gasteiger partial charge in [-0.15, -0.1) is 0 Å². The third kappa shape index (κ3) is 2.76. The first-order valence-corrected chi connectivity index (χ1v) is 6.17. The van der Waals surface area contributed by atoms with Crippen molar-refractivity contribution in [3.63, 3.8) is 0 Å². The summed E-state index contributed by atoms with van der Waals surface area (Å²) in [5.41, 5.74) is 8.32. The topological polar surface area (TPSA) is 53.1 Å². The lowest BCUT2D eigenvalue weighted by atomic mass is 10.3. The number of nitrogens with zero attached hydrogens (tertiary/aromatic N) is 2. The molecule has 2 aromatic rings. The molecule has 1 heterocycles. The maximum Gasteiger partial charge on any atom is 0.138 e. The molecule has 5 heteroatoms. The zero-order valence-electron chi connectivity index (χ0n) is 10.5. The summed E-state index contributed by atoms with van der Waals surface area (Å²) >= 11 is 6.04. The Morgan fingerprint density at radius 2 is 2.17 bits per heavy atom. The Hall–Kier alpha value is -1.68. The van der Waals surface area contributed by atoms with Gasteiger partial charge in [-0.1, -0.05) is 18.5 Å². The summed E-state index contributed by atoms with van der Waals surface area (Å²) in [5, 5.41) is 4.88. The molecule has 96 valence electrons. The van der Waals surface area contributed by atoms with Crippen LogP contribution in [0.15, 0.2) is 24.3 Å². The number of halogens is 1. The maximum atomic E-state index is 6.04. The van der Waals surface area contributed by atoms with Gasteiger partial charge in [0.2, 0.25) is 0 Å². The van der Waals surface area contributed by atoms with E-state index in [0.717, 1.165) is 17.8 Å². The number of nitrogen functional groups attached to an aromatic ring is 1. The lowest BCUT2D eigenvalue weighted by molar-refractivity contribution is 0.295. The van der Waals surface area contributed by atoms with Gasteiger partial charge in [-0.25, -0.2) is 0 Å². The summed E-state index contributed by atoms with van der Waals surface area (Å²) in [5.74, 6) is 0.630. The fourth-order valence-electron chi connectivity index (χ4n) is 1.67. The number of benzene rings is 1. The van der Waals surface area contributed by atoms with E-state index in [-0.39, 0.29) is 0 Å². The van der Waals surface area contributed by atoms with Crippen molar-refractivity contribution in [1.29, 1.82) is 0 Å². The van der Waals surface area contributed by atoms with Crippen LogP contribution in [0.1, 0.15) is 18.3 Å². The average molecular weight is 266 g/mol. The summed E-state index contributed by atoms with van der Waals surface area (Å²) in [6, 6.07) is 7.25. The van der Waals surface area contributed by atoms with E-state index in [1.54, 1.807) is 18.2 Å². The highest BCUT2D eigenvalue weighted by atomic mass is 35.5. The van der Waals surface area contributed by atoms with Gasteiger partial charge in [-0.2, -0.15) is 5.10 Å². The van der Waals surface area contributed by atoms with Crippen LogP contribution in [0.5, 0.6) is 5.75 Å². The van der Waals surface area contributed by atoms with Crippen molar-refractivity contribution < 1.29 is 4.74 Å². The summed E-state index contributed by atoms with van der Waals surface area (Å²) in [7, 11) is 1.91. The molecule has 0 aliphatic carbocycles. The lowest BCUT2D eigenvalue weighted by Crippen LogP contribution is -2.03. The summed E-state index contributed by atoms with van der Waals surface area (Å²) in [6.07, 6.45) is 0.913. The SMILES string of the molecule is CCc1cc(COc2ccc(N)cc2Cl)n(C)n1. The molecule has 2 rings (SSSR count). The Bertz CT molecular complexity index is 551. The number of rotatable bonds is 4. The molecule has 2 N–H and O–H groups in total. The molecule has 0 aliphatic rings. The molecule has 0 unspecified atom stereocenters. The Morgan fingerprint density at radius 1 is 1.39 bits per heavy atom. The van der Waals surface area contributed by atoms with Gasteiger partial charge in [0, 0.05) is 12.7 Å². The molecule has 18 heavy (non-hydrogen) atoms. The first-order chi connectivity index (χ1) is 8.60. The van der Waals surface area contributed by atoms with Crippen molar-refractivity contribution in [3.05, 3.63) is 40.7 Å². The first kappa shape index (κ1) is 12.8. The number of hydrogen-bond donors (Lipinski definition) is 1. The molecule has 0 fully saturated rings. The smallest absolute Gasteiger partial charge is 0.138 e. The summed E-state index contributed by atoms with van der Waals surface area (Å²) < 4.78 is 7.49. The largest absolute Gasteiger partial charge is 0.486 e. The quantitative estimate of drug-likeness (QED) is 0.865. The van der Waals surface area contributed by atoms with Gasteiger partial charge >= 0.3 is 0 Å². The van der Waals surface area contributed by atoms with Gasteiger partial charge in [-0.3, -0.25) is 4.68 Å². The standard InChI is InChI=1S/C13H16ClN3O/c1-3-10-7-11(17(2)16-10)8-18-13-5-4-9(15)6-12(13)14/h4-7H,3,8,15H2,1-2H3. The van der Waals surface area contributed by atoms with Crippen molar-refractivity contribution >= 4 is 17.3 Å². The van der Waals surface area contributed by atoms with Crippen molar-refractivity contribution in [2.75, 3.05) is 5.73 Å². The average Bonchev–Trinajstić information content (AvgIpc) is 2.69. The van der Waals surface area contributed by atoms with Gasteiger partial charge in [0.05, 0.1) is 16.4 Å². The molecule has 0 aliphatic heterocycles. The van der Waals surface area contributed by atoms with Crippen LogP contribution in [0.2, 0.25) is 5.02 Å². The number of ether oxygens (including phenoxy) is 1.